The van der Waals surface area contributed by atoms with Gasteiger partial charge in [0.2, 0.25) is 5.91 Å². The van der Waals surface area contributed by atoms with Crippen molar-refractivity contribution in [3.8, 4) is 0 Å². The van der Waals surface area contributed by atoms with Crippen molar-refractivity contribution in [3.63, 3.8) is 0 Å². The maximum Gasteiger partial charge on any atom is 0.240 e. The van der Waals surface area contributed by atoms with Crippen LogP contribution in [-0.4, -0.2) is 35.8 Å². The van der Waals surface area contributed by atoms with Gasteiger partial charge in [-0.05, 0) is 20.8 Å². The van der Waals surface area contributed by atoms with E-state index in [1.165, 1.54) is 6.92 Å². The number of hydroxylamine groups is 1. The molecule has 0 aliphatic heterocycles. The fourth-order valence-corrected chi connectivity index (χ4v) is 0.722. The predicted octanol–water partition coefficient (Wildman–Crippen LogP) is -0.197. The minimum atomic E-state index is -0.624. The molecule has 0 rings (SSSR count). The number of aliphatic hydroxyl groups excluding tert-OH is 1. The number of hydrogen-bond acceptors (Lipinski definition) is 4. The van der Waals surface area contributed by atoms with Crippen molar-refractivity contribution in [1.82, 2.24) is 10.8 Å². The Bertz CT molecular complexity index is 177. The van der Waals surface area contributed by atoms with E-state index in [1.54, 1.807) is 0 Å². The number of rotatable bonds is 5. The summed E-state index contributed by atoms with van der Waals surface area (Å²) in [4.78, 5) is 15.1. The van der Waals surface area contributed by atoms with E-state index in [9.17, 15) is 9.90 Å². The Morgan fingerprint density at radius 3 is 2.50 bits per heavy atom. The fourth-order valence-electron chi connectivity index (χ4n) is 0.722. The summed E-state index contributed by atoms with van der Waals surface area (Å²) in [6, 6.07) is 0. The molecule has 0 saturated carbocycles. The molecule has 84 valence electrons. The standard InChI is InChI=1S/C9H20N2O3/c1-7(12)11-14-6-8(13)5-10-9(2,3)4/h8,10,13H,5-6H2,1-4H3,(H,11,12). The number of nitrogens with one attached hydrogen (secondary N) is 2. The molecule has 3 N–H and O–H groups in total. The molecule has 0 bridgehead atoms. The maximum absolute atomic E-state index is 10.4. The molecule has 0 aromatic heterocycles. The second-order valence-corrected chi connectivity index (χ2v) is 4.25. The molecule has 1 amide bonds. The Morgan fingerprint density at radius 2 is 2.07 bits per heavy atom. The molecule has 0 aromatic rings. The molecule has 0 fully saturated rings. The van der Waals surface area contributed by atoms with Gasteiger partial charge in [0.1, 0.15) is 6.61 Å². The van der Waals surface area contributed by atoms with Crippen molar-refractivity contribution in [2.45, 2.75) is 39.3 Å². The molecule has 1 atom stereocenters. The van der Waals surface area contributed by atoms with E-state index in [0.717, 1.165) is 0 Å². The highest BCUT2D eigenvalue weighted by molar-refractivity contribution is 5.71. The molecular formula is C9H20N2O3. The average Bonchev–Trinajstić information content (AvgIpc) is 1.99. The minimum absolute atomic E-state index is 0.0328. The number of carbonyl (C=O) groups excluding carboxylic acids is 1. The van der Waals surface area contributed by atoms with Gasteiger partial charge in [0.15, 0.2) is 0 Å². The molecule has 1 unspecified atom stereocenters. The van der Waals surface area contributed by atoms with Crippen LogP contribution < -0.4 is 10.8 Å². The maximum atomic E-state index is 10.4. The molecule has 0 saturated heterocycles. The molecular weight excluding hydrogens is 184 g/mol. The van der Waals surface area contributed by atoms with Gasteiger partial charge in [-0.15, -0.1) is 0 Å². The summed E-state index contributed by atoms with van der Waals surface area (Å²) >= 11 is 0. The van der Waals surface area contributed by atoms with Crippen LogP contribution in [0, 0.1) is 0 Å². The minimum Gasteiger partial charge on any atom is -0.389 e. The largest absolute Gasteiger partial charge is 0.389 e. The van der Waals surface area contributed by atoms with Crippen LogP contribution in [0.5, 0.6) is 0 Å². The van der Waals surface area contributed by atoms with Crippen LogP contribution in [0.3, 0.4) is 0 Å². The molecule has 0 aliphatic rings. The van der Waals surface area contributed by atoms with Gasteiger partial charge in [-0.2, -0.15) is 0 Å². The van der Waals surface area contributed by atoms with Crippen LogP contribution in [0.4, 0.5) is 0 Å². The molecule has 0 heterocycles. The first-order valence-electron chi connectivity index (χ1n) is 4.63. The second kappa shape index (κ2) is 5.95. The summed E-state index contributed by atoms with van der Waals surface area (Å²) in [5.74, 6) is -0.277. The Kier molecular flexibility index (Phi) is 5.68. The summed E-state index contributed by atoms with van der Waals surface area (Å²) in [5.41, 5.74) is 2.11. The van der Waals surface area contributed by atoms with E-state index in [-0.39, 0.29) is 18.1 Å². The number of carbonyl (C=O) groups is 1. The lowest BCUT2D eigenvalue weighted by Crippen LogP contribution is -2.42. The molecule has 0 radical (unpaired) electrons. The molecule has 0 aromatic carbocycles. The van der Waals surface area contributed by atoms with Crippen LogP contribution in [0.15, 0.2) is 0 Å². The zero-order valence-corrected chi connectivity index (χ0v) is 9.26. The van der Waals surface area contributed by atoms with Crippen LogP contribution >= 0.6 is 0 Å². The van der Waals surface area contributed by atoms with Gasteiger partial charge in [0, 0.05) is 19.0 Å². The highest BCUT2D eigenvalue weighted by Crippen LogP contribution is 1.98. The Labute approximate surface area is 84.8 Å². The van der Waals surface area contributed by atoms with Crippen molar-refractivity contribution >= 4 is 5.91 Å². The predicted molar refractivity (Wildman–Crippen MR) is 53.5 cm³/mol. The second-order valence-electron chi connectivity index (χ2n) is 4.25. The van der Waals surface area contributed by atoms with Gasteiger partial charge >= 0.3 is 0 Å². The van der Waals surface area contributed by atoms with Gasteiger partial charge < -0.3 is 10.4 Å². The smallest absolute Gasteiger partial charge is 0.240 e. The number of aliphatic hydroxyl groups is 1. The average molecular weight is 204 g/mol. The SMILES string of the molecule is CC(=O)NOCC(O)CNC(C)(C)C. The Morgan fingerprint density at radius 1 is 1.50 bits per heavy atom. The Hall–Kier alpha value is -0.650. The molecule has 5 heteroatoms. The fraction of sp³-hybridized carbons (Fsp3) is 0.889. The first-order chi connectivity index (χ1) is 6.31. The zero-order chi connectivity index (χ0) is 11.2. The van der Waals surface area contributed by atoms with Gasteiger partial charge in [-0.3, -0.25) is 9.63 Å². The van der Waals surface area contributed by atoms with Gasteiger partial charge in [0.25, 0.3) is 0 Å². The molecule has 0 spiro atoms. The van der Waals surface area contributed by atoms with Crippen molar-refractivity contribution in [2.75, 3.05) is 13.2 Å². The van der Waals surface area contributed by atoms with Gasteiger partial charge in [0.05, 0.1) is 6.10 Å². The van der Waals surface area contributed by atoms with E-state index in [2.05, 4.69) is 10.8 Å². The lowest BCUT2D eigenvalue weighted by atomic mass is 10.1. The summed E-state index contributed by atoms with van der Waals surface area (Å²) in [7, 11) is 0. The van der Waals surface area contributed by atoms with Crippen LogP contribution in [0.1, 0.15) is 27.7 Å². The van der Waals surface area contributed by atoms with Crippen molar-refractivity contribution < 1.29 is 14.7 Å². The monoisotopic (exact) mass is 204 g/mol. The topological polar surface area (TPSA) is 70.6 Å². The summed E-state index contributed by atoms with van der Waals surface area (Å²) in [5, 5.41) is 12.5. The Balaban J connectivity index is 3.46. The number of hydrogen-bond donors (Lipinski definition) is 3. The van der Waals surface area contributed by atoms with Crippen LogP contribution in [0.25, 0.3) is 0 Å². The lowest BCUT2D eigenvalue weighted by Gasteiger charge is -2.22. The zero-order valence-electron chi connectivity index (χ0n) is 9.26. The van der Waals surface area contributed by atoms with E-state index in [1.807, 2.05) is 20.8 Å². The molecule has 14 heavy (non-hydrogen) atoms. The third-order valence-electron chi connectivity index (χ3n) is 1.36. The first-order valence-corrected chi connectivity index (χ1v) is 4.63. The van der Waals surface area contributed by atoms with Gasteiger partial charge in [-0.1, -0.05) is 0 Å². The number of β-amino-alcohol motifs (C(OH)–C–C–N with tert-alkyl or cyclic N) is 1. The van der Waals surface area contributed by atoms with Crippen LogP contribution in [-0.2, 0) is 9.63 Å². The molecule has 5 nitrogen and oxygen atoms in total. The number of amides is 1. The van der Waals surface area contributed by atoms with Crippen LogP contribution in [0.2, 0.25) is 0 Å². The van der Waals surface area contributed by atoms with E-state index >= 15 is 0 Å². The van der Waals surface area contributed by atoms with E-state index in [4.69, 9.17) is 4.84 Å². The van der Waals surface area contributed by atoms with Gasteiger partial charge in [-0.25, -0.2) is 5.48 Å². The quantitative estimate of drug-likeness (QED) is 0.543. The summed E-state index contributed by atoms with van der Waals surface area (Å²) in [6.07, 6.45) is -0.624. The van der Waals surface area contributed by atoms with E-state index in [0.29, 0.717) is 6.54 Å². The summed E-state index contributed by atoms with van der Waals surface area (Å²) in [6.45, 7) is 7.89. The molecule has 0 aliphatic carbocycles. The third-order valence-corrected chi connectivity index (χ3v) is 1.36. The van der Waals surface area contributed by atoms with Crippen molar-refractivity contribution in [2.24, 2.45) is 0 Å². The first kappa shape index (κ1) is 13.4. The highest BCUT2D eigenvalue weighted by Gasteiger charge is 2.12. The normalized spacial score (nSPS) is 13.8. The summed E-state index contributed by atoms with van der Waals surface area (Å²) < 4.78 is 0. The van der Waals surface area contributed by atoms with Crippen molar-refractivity contribution in [1.29, 1.82) is 0 Å². The highest BCUT2D eigenvalue weighted by atomic mass is 16.7. The van der Waals surface area contributed by atoms with Crippen molar-refractivity contribution in [3.05, 3.63) is 0 Å². The van der Waals surface area contributed by atoms with E-state index < -0.39 is 6.10 Å². The third kappa shape index (κ3) is 9.44. The lowest BCUT2D eigenvalue weighted by molar-refractivity contribution is -0.133.